The van der Waals surface area contributed by atoms with Crippen LogP contribution >= 0.6 is 0 Å². The molecule has 0 fully saturated rings. The van der Waals surface area contributed by atoms with Crippen molar-refractivity contribution in [1.82, 2.24) is 4.98 Å². The number of anilines is 1. The molecule has 8 heteroatoms. The Morgan fingerprint density at radius 2 is 1.93 bits per heavy atom. The molecular weight excluding hydrogens is 361 g/mol. The van der Waals surface area contributed by atoms with Gasteiger partial charge in [0.1, 0.15) is 17.4 Å². The van der Waals surface area contributed by atoms with Crippen LogP contribution in [0.25, 0.3) is 21.9 Å². The lowest BCUT2D eigenvalue weighted by Crippen LogP contribution is -2.23. The Labute approximate surface area is 153 Å². The van der Waals surface area contributed by atoms with Gasteiger partial charge in [-0.2, -0.15) is 8.78 Å². The number of halogens is 3. The van der Waals surface area contributed by atoms with Crippen LogP contribution in [-0.2, 0) is 0 Å². The number of alkyl halides is 2. The number of aromatic nitrogens is 1. The molecule has 27 heavy (non-hydrogen) atoms. The van der Waals surface area contributed by atoms with Crippen molar-refractivity contribution in [2.45, 2.75) is 12.7 Å². The zero-order chi connectivity index (χ0) is 19.4. The Balaban J connectivity index is 2.11. The van der Waals surface area contributed by atoms with Crippen LogP contribution in [-0.4, -0.2) is 41.1 Å². The van der Waals surface area contributed by atoms with Crippen molar-refractivity contribution >= 4 is 16.6 Å². The minimum Gasteiger partial charge on any atom is -0.435 e. The SMILES string of the molecule is OCC(O)CNc1ncc(-c2cccc(F)c2)c2cc(OC(F)F)ccc12. The van der Waals surface area contributed by atoms with Crippen LogP contribution in [0.5, 0.6) is 5.75 Å². The van der Waals surface area contributed by atoms with Crippen molar-refractivity contribution < 1.29 is 28.1 Å². The summed E-state index contributed by atoms with van der Waals surface area (Å²) in [4.78, 5) is 4.29. The van der Waals surface area contributed by atoms with Gasteiger partial charge in [-0.15, -0.1) is 0 Å². The summed E-state index contributed by atoms with van der Waals surface area (Å²) in [5.74, 6) is -0.0853. The van der Waals surface area contributed by atoms with E-state index in [1.807, 2.05) is 0 Å². The Kier molecular flexibility index (Phi) is 5.78. The quantitative estimate of drug-likeness (QED) is 0.588. The molecule has 0 saturated heterocycles. The third-order valence-corrected chi connectivity index (χ3v) is 3.94. The molecule has 0 aliphatic rings. The molecule has 5 nitrogen and oxygen atoms in total. The second-order valence-electron chi connectivity index (χ2n) is 5.83. The van der Waals surface area contributed by atoms with Crippen LogP contribution in [0.3, 0.4) is 0 Å². The summed E-state index contributed by atoms with van der Waals surface area (Å²) in [7, 11) is 0. The largest absolute Gasteiger partial charge is 0.435 e. The number of nitrogens with zero attached hydrogens (tertiary/aromatic N) is 1. The highest BCUT2D eigenvalue weighted by atomic mass is 19.3. The maximum Gasteiger partial charge on any atom is 0.387 e. The molecule has 0 saturated carbocycles. The molecule has 1 unspecified atom stereocenters. The fourth-order valence-electron chi connectivity index (χ4n) is 2.70. The summed E-state index contributed by atoms with van der Waals surface area (Å²) in [5, 5.41) is 22.4. The standard InChI is InChI=1S/C19H17F3N2O3/c20-12-3-1-2-11(6-12)17-9-24-18(23-8-13(26)10-25)15-5-4-14(7-16(15)17)27-19(21)22/h1-7,9,13,19,25-26H,8,10H2,(H,23,24). The predicted octanol–water partition coefficient (Wildman–Crippen LogP) is 3.41. The number of ether oxygens (including phenoxy) is 1. The summed E-state index contributed by atoms with van der Waals surface area (Å²) in [6.07, 6.45) is 0.503. The number of hydrogen-bond donors (Lipinski definition) is 3. The lowest BCUT2D eigenvalue weighted by molar-refractivity contribution is -0.0497. The fraction of sp³-hybridized carbons (Fsp3) is 0.211. The van der Waals surface area contributed by atoms with Crippen LogP contribution in [0.4, 0.5) is 19.0 Å². The van der Waals surface area contributed by atoms with Crippen molar-refractivity contribution in [3.8, 4) is 16.9 Å². The van der Waals surface area contributed by atoms with E-state index >= 15 is 0 Å². The fourth-order valence-corrected chi connectivity index (χ4v) is 2.70. The molecule has 3 rings (SSSR count). The summed E-state index contributed by atoms with van der Waals surface area (Å²) >= 11 is 0. The molecule has 142 valence electrons. The van der Waals surface area contributed by atoms with E-state index in [1.165, 1.54) is 30.5 Å². The summed E-state index contributed by atoms with van der Waals surface area (Å²) in [6.45, 7) is -3.34. The van der Waals surface area contributed by atoms with Gasteiger partial charge in [0.25, 0.3) is 0 Å². The monoisotopic (exact) mass is 378 g/mol. The van der Waals surface area contributed by atoms with Gasteiger partial charge in [-0.25, -0.2) is 9.37 Å². The van der Waals surface area contributed by atoms with E-state index in [4.69, 9.17) is 5.11 Å². The molecule has 0 aliphatic carbocycles. The summed E-state index contributed by atoms with van der Waals surface area (Å²) in [5.41, 5.74) is 1.07. The number of aliphatic hydroxyl groups is 2. The highest BCUT2D eigenvalue weighted by molar-refractivity contribution is 6.02. The van der Waals surface area contributed by atoms with E-state index in [2.05, 4.69) is 15.0 Å². The highest BCUT2D eigenvalue weighted by Gasteiger charge is 2.13. The molecule has 0 spiro atoms. The Morgan fingerprint density at radius 1 is 1.11 bits per heavy atom. The molecule has 1 atom stereocenters. The minimum atomic E-state index is -2.97. The maximum absolute atomic E-state index is 13.6. The van der Waals surface area contributed by atoms with Crippen LogP contribution in [0.1, 0.15) is 0 Å². The van der Waals surface area contributed by atoms with Crippen LogP contribution in [0, 0.1) is 5.82 Å². The van der Waals surface area contributed by atoms with Gasteiger partial charge in [0, 0.05) is 23.7 Å². The van der Waals surface area contributed by atoms with Gasteiger partial charge in [0.05, 0.1) is 12.7 Å². The minimum absolute atomic E-state index is 0.0392. The lowest BCUT2D eigenvalue weighted by Gasteiger charge is -2.15. The first-order valence-corrected chi connectivity index (χ1v) is 8.14. The second kappa shape index (κ2) is 8.24. The zero-order valence-corrected chi connectivity index (χ0v) is 14.1. The van der Waals surface area contributed by atoms with E-state index in [0.29, 0.717) is 27.7 Å². The van der Waals surface area contributed by atoms with Gasteiger partial charge in [-0.1, -0.05) is 12.1 Å². The van der Waals surface area contributed by atoms with E-state index in [0.717, 1.165) is 0 Å². The average molecular weight is 378 g/mol. The molecule has 0 aliphatic heterocycles. The van der Waals surface area contributed by atoms with Gasteiger partial charge in [0.15, 0.2) is 0 Å². The van der Waals surface area contributed by atoms with Crippen molar-refractivity contribution in [2.75, 3.05) is 18.5 Å². The number of fused-ring (bicyclic) bond motifs is 1. The molecule has 1 aromatic heterocycles. The predicted molar refractivity (Wildman–Crippen MR) is 95.4 cm³/mol. The topological polar surface area (TPSA) is 74.6 Å². The smallest absolute Gasteiger partial charge is 0.387 e. The van der Waals surface area contributed by atoms with E-state index in [-0.39, 0.29) is 12.3 Å². The van der Waals surface area contributed by atoms with Crippen molar-refractivity contribution in [1.29, 1.82) is 0 Å². The molecule has 0 amide bonds. The summed E-state index contributed by atoms with van der Waals surface area (Å²) in [6, 6.07) is 10.2. The Bertz CT molecular complexity index is 937. The van der Waals surface area contributed by atoms with Crippen LogP contribution in [0.2, 0.25) is 0 Å². The van der Waals surface area contributed by atoms with E-state index in [1.54, 1.807) is 18.2 Å². The van der Waals surface area contributed by atoms with Crippen molar-refractivity contribution in [3.05, 3.63) is 54.5 Å². The first-order chi connectivity index (χ1) is 13.0. The lowest BCUT2D eigenvalue weighted by atomic mass is 10.00. The molecule has 3 aromatic rings. The number of aliphatic hydroxyl groups excluding tert-OH is 2. The number of benzene rings is 2. The molecule has 3 N–H and O–H groups in total. The molecule has 1 heterocycles. The number of pyridine rings is 1. The van der Waals surface area contributed by atoms with Gasteiger partial charge >= 0.3 is 6.61 Å². The van der Waals surface area contributed by atoms with Gasteiger partial charge in [-0.3, -0.25) is 0 Å². The zero-order valence-electron chi connectivity index (χ0n) is 14.1. The van der Waals surface area contributed by atoms with Crippen LogP contribution in [0.15, 0.2) is 48.7 Å². The molecule has 0 bridgehead atoms. The maximum atomic E-state index is 13.6. The number of hydrogen-bond acceptors (Lipinski definition) is 5. The number of nitrogens with one attached hydrogen (secondary N) is 1. The molecular formula is C19H17F3N2O3. The normalized spacial score (nSPS) is 12.4. The average Bonchev–Trinajstić information content (AvgIpc) is 2.65. The molecule has 0 radical (unpaired) electrons. The van der Waals surface area contributed by atoms with Gasteiger partial charge < -0.3 is 20.3 Å². The summed E-state index contributed by atoms with van der Waals surface area (Å²) < 4.78 is 43.2. The number of rotatable bonds is 7. The third-order valence-electron chi connectivity index (χ3n) is 3.94. The van der Waals surface area contributed by atoms with Crippen molar-refractivity contribution in [2.24, 2.45) is 0 Å². The Morgan fingerprint density at radius 3 is 2.63 bits per heavy atom. The second-order valence-corrected chi connectivity index (χ2v) is 5.83. The van der Waals surface area contributed by atoms with E-state index in [9.17, 15) is 18.3 Å². The first kappa shape index (κ1) is 18.9. The molecule has 2 aromatic carbocycles. The van der Waals surface area contributed by atoms with E-state index < -0.39 is 25.1 Å². The highest BCUT2D eigenvalue weighted by Crippen LogP contribution is 2.34. The van der Waals surface area contributed by atoms with Gasteiger partial charge in [-0.05, 0) is 41.3 Å². The first-order valence-electron chi connectivity index (χ1n) is 8.14. The van der Waals surface area contributed by atoms with Crippen molar-refractivity contribution in [3.63, 3.8) is 0 Å². The third kappa shape index (κ3) is 4.47. The Hall–Kier alpha value is -2.84. The van der Waals surface area contributed by atoms with Gasteiger partial charge in [0.2, 0.25) is 0 Å². The van der Waals surface area contributed by atoms with Crippen LogP contribution < -0.4 is 10.1 Å².